The largest absolute Gasteiger partial charge is 0.382 e. The van der Waals surface area contributed by atoms with Crippen molar-refractivity contribution < 1.29 is 0 Å². The van der Waals surface area contributed by atoms with E-state index in [1.807, 2.05) is 23.0 Å². The van der Waals surface area contributed by atoms with Crippen molar-refractivity contribution in [3.8, 4) is 22.5 Å². The van der Waals surface area contributed by atoms with Crippen LogP contribution in [0, 0.1) is 0 Å². The summed E-state index contributed by atoms with van der Waals surface area (Å²) < 4.78 is 1.96. The van der Waals surface area contributed by atoms with Gasteiger partial charge in [-0.3, -0.25) is 4.90 Å². The summed E-state index contributed by atoms with van der Waals surface area (Å²) in [5.41, 5.74) is 13.7. The lowest BCUT2D eigenvalue weighted by Crippen LogP contribution is -2.34. The first-order chi connectivity index (χ1) is 16.3. The molecule has 0 bridgehead atoms. The van der Waals surface area contributed by atoms with Gasteiger partial charge in [-0.15, -0.1) is 0 Å². The number of fused-ring (bicyclic) bond motifs is 2. The van der Waals surface area contributed by atoms with Crippen LogP contribution in [-0.2, 0) is 0 Å². The molecule has 7 rings (SSSR count). The highest BCUT2D eigenvalue weighted by Gasteiger charge is 2.40. The molecular formula is C27H24N6. The fraction of sp³-hybridized carbons (Fsp3) is 0.222. The standard InChI is InChI=1S/C27H24N6/c28-27-26-25(30-16-33(26)11-10-29-27)21-8-6-18-7-9-22(17-4-2-1-3-5-17)31-24(18)23(21)19-14-20(15-19)32-12-13-32/h1-11,16,19-20H,12-15H2,(H2,28,29). The molecule has 1 aliphatic heterocycles. The normalized spacial score (nSPS) is 20.2. The fourth-order valence-electron chi connectivity index (χ4n) is 5.32. The average Bonchev–Trinajstić information content (AvgIpc) is 3.56. The van der Waals surface area contributed by atoms with E-state index in [4.69, 9.17) is 15.7 Å². The van der Waals surface area contributed by atoms with Crippen LogP contribution in [0.2, 0.25) is 0 Å². The Bertz CT molecular complexity index is 1500. The predicted octanol–water partition coefficient (Wildman–Crippen LogP) is 4.76. The van der Waals surface area contributed by atoms with Crippen LogP contribution in [0.5, 0.6) is 0 Å². The van der Waals surface area contributed by atoms with Gasteiger partial charge in [0.15, 0.2) is 0 Å². The molecule has 0 amide bonds. The molecule has 2 fully saturated rings. The Hall–Kier alpha value is -3.77. The molecule has 1 saturated heterocycles. The Labute approximate surface area is 191 Å². The van der Waals surface area contributed by atoms with E-state index in [0.29, 0.717) is 17.8 Å². The van der Waals surface area contributed by atoms with E-state index in [-0.39, 0.29) is 0 Å². The quantitative estimate of drug-likeness (QED) is 0.415. The van der Waals surface area contributed by atoms with Crippen LogP contribution < -0.4 is 5.73 Å². The van der Waals surface area contributed by atoms with Crippen molar-refractivity contribution in [1.29, 1.82) is 0 Å². The molecule has 2 aromatic carbocycles. The Balaban J connectivity index is 1.45. The van der Waals surface area contributed by atoms with Crippen molar-refractivity contribution in [2.75, 3.05) is 18.8 Å². The maximum absolute atomic E-state index is 6.30. The van der Waals surface area contributed by atoms with Crippen LogP contribution in [-0.4, -0.2) is 43.4 Å². The Morgan fingerprint density at radius 2 is 1.73 bits per heavy atom. The van der Waals surface area contributed by atoms with Gasteiger partial charge in [0.05, 0.1) is 11.2 Å². The molecule has 6 heteroatoms. The number of hydrogen-bond acceptors (Lipinski definition) is 5. The highest BCUT2D eigenvalue weighted by Crippen LogP contribution is 2.48. The molecule has 6 nitrogen and oxygen atoms in total. The van der Waals surface area contributed by atoms with E-state index in [9.17, 15) is 0 Å². The number of pyridine rings is 1. The maximum atomic E-state index is 6.30. The van der Waals surface area contributed by atoms with Gasteiger partial charge >= 0.3 is 0 Å². The van der Waals surface area contributed by atoms with Gasteiger partial charge in [-0.05, 0) is 30.4 Å². The molecule has 3 aromatic heterocycles. The molecule has 5 aromatic rings. The minimum atomic E-state index is 0.461. The smallest absolute Gasteiger partial charge is 0.150 e. The lowest BCUT2D eigenvalue weighted by molar-refractivity contribution is 0.224. The number of nitrogen functional groups attached to an aromatic ring is 1. The minimum absolute atomic E-state index is 0.461. The van der Waals surface area contributed by atoms with Crippen LogP contribution in [0.15, 0.2) is 73.3 Å². The zero-order valence-electron chi connectivity index (χ0n) is 18.2. The summed E-state index contributed by atoms with van der Waals surface area (Å²) in [6, 6.07) is 19.8. The summed E-state index contributed by atoms with van der Waals surface area (Å²) in [6.45, 7) is 2.48. The Morgan fingerprint density at radius 3 is 2.55 bits per heavy atom. The van der Waals surface area contributed by atoms with E-state index in [1.165, 1.54) is 36.9 Å². The monoisotopic (exact) mass is 432 g/mol. The van der Waals surface area contributed by atoms with Crippen molar-refractivity contribution in [1.82, 2.24) is 24.3 Å². The van der Waals surface area contributed by atoms with Crippen LogP contribution >= 0.6 is 0 Å². The topological polar surface area (TPSA) is 72.1 Å². The van der Waals surface area contributed by atoms with Gasteiger partial charge in [0.1, 0.15) is 23.4 Å². The summed E-state index contributed by atoms with van der Waals surface area (Å²) in [4.78, 5) is 16.9. The predicted molar refractivity (Wildman–Crippen MR) is 131 cm³/mol. The average molecular weight is 433 g/mol. The summed E-state index contributed by atoms with van der Waals surface area (Å²) in [5, 5.41) is 1.17. The van der Waals surface area contributed by atoms with Crippen LogP contribution in [0.25, 0.3) is 38.9 Å². The van der Waals surface area contributed by atoms with Crippen molar-refractivity contribution in [2.24, 2.45) is 0 Å². The van der Waals surface area contributed by atoms with Gasteiger partial charge in [-0.25, -0.2) is 15.0 Å². The molecule has 0 unspecified atom stereocenters. The SMILES string of the molecule is Nc1nccn2cnc(-c3ccc4ccc(-c5ccccc5)nc4c3C3CC(N4CC4)C3)c12. The second-order valence-electron chi connectivity index (χ2n) is 9.18. The number of imidazole rings is 1. The van der Waals surface area contributed by atoms with Crippen LogP contribution in [0.1, 0.15) is 24.3 Å². The zero-order chi connectivity index (χ0) is 21.9. The fourth-order valence-corrected chi connectivity index (χ4v) is 5.32. The molecule has 33 heavy (non-hydrogen) atoms. The van der Waals surface area contributed by atoms with E-state index in [2.05, 4.69) is 58.4 Å². The molecule has 4 heterocycles. The van der Waals surface area contributed by atoms with Gasteiger partial charge < -0.3 is 10.1 Å². The third kappa shape index (κ3) is 3.02. The third-order valence-corrected chi connectivity index (χ3v) is 7.22. The molecule has 0 radical (unpaired) electrons. The molecule has 162 valence electrons. The van der Waals surface area contributed by atoms with Crippen molar-refractivity contribution in [2.45, 2.75) is 24.8 Å². The first-order valence-corrected chi connectivity index (χ1v) is 11.6. The van der Waals surface area contributed by atoms with Crippen molar-refractivity contribution in [3.05, 3.63) is 78.9 Å². The Morgan fingerprint density at radius 1 is 0.909 bits per heavy atom. The molecule has 0 atom stereocenters. The number of nitrogens with zero attached hydrogens (tertiary/aromatic N) is 5. The second kappa shape index (κ2) is 7.12. The zero-order valence-corrected chi connectivity index (χ0v) is 18.2. The van der Waals surface area contributed by atoms with Crippen molar-refractivity contribution in [3.63, 3.8) is 0 Å². The summed E-state index contributed by atoms with van der Waals surface area (Å²) >= 11 is 0. The number of aromatic nitrogens is 4. The van der Waals surface area contributed by atoms with Gasteiger partial charge in [0, 0.05) is 48.0 Å². The Kier molecular flexibility index (Phi) is 4.05. The van der Waals surface area contributed by atoms with E-state index in [0.717, 1.165) is 33.5 Å². The summed E-state index contributed by atoms with van der Waals surface area (Å²) in [7, 11) is 0. The van der Waals surface area contributed by atoms with Gasteiger partial charge in [-0.2, -0.15) is 0 Å². The minimum Gasteiger partial charge on any atom is -0.382 e. The van der Waals surface area contributed by atoms with E-state index in [1.54, 1.807) is 6.20 Å². The van der Waals surface area contributed by atoms with Crippen molar-refractivity contribution >= 4 is 22.2 Å². The van der Waals surface area contributed by atoms with Crippen LogP contribution in [0.3, 0.4) is 0 Å². The first kappa shape index (κ1) is 18.8. The van der Waals surface area contributed by atoms with Gasteiger partial charge in [0.2, 0.25) is 0 Å². The highest BCUT2D eigenvalue weighted by atomic mass is 15.3. The third-order valence-electron chi connectivity index (χ3n) is 7.22. The summed E-state index contributed by atoms with van der Waals surface area (Å²) in [6.07, 6.45) is 7.77. The lowest BCUT2D eigenvalue weighted by atomic mass is 9.73. The lowest BCUT2D eigenvalue weighted by Gasteiger charge is -2.38. The van der Waals surface area contributed by atoms with E-state index >= 15 is 0 Å². The maximum Gasteiger partial charge on any atom is 0.150 e. The molecule has 2 aliphatic rings. The second-order valence-corrected chi connectivity index (χ2v) is 9.18. The molecule has 1 aliphatic carbocycles. The molecule has 1 saturated carbocycles. The molecule has 0 spiro atoms. The molecular weight excluding hydrogens is 408 g/mol. The highest BCUT2D eigenvalue weighted by molar-refractivity contribution is 5.95. The van der Waals surface area contributed by atoms with Gasteiger partial charge in [-0.1, -0.05) is 48.5 Å². The number of nitrogens with two attached hydrogens (primary N) is 1. The first-order valence-electron chi connectivity index (χ1n) is 11.6. The number of rotatable bonds is 4. The number of hydrogen-bond donors (Lipinski definition) is 1. The summed E-state index contributed by atoms with van der Waals surface area (Å²) in [5.74, 6) is 0.958. The number of anilines is 1. The van der Waals surface area contributed by atoms with Crippen LogP contribution in [0.4, 0.5) is 5.82 Å². The molecule has 2 N–H and O–H groups in total. The van der Waals surface area contributed by atoms with E-state index < -0.39 is 0 Å². The van der Waals surface area contributed by atoms with Gasteiger partial charge in [0.25, 0.3) is 0 Å². The number of benzene rings is 2.